The maximum atomic E-state index is 11.9. The lowest BCUT2D eigenvalue weighted by molar-refractivity contribution is 0.784. The Balaban J connectivity index is 1.88. The largest absolute Gasteiger partial charge is 0.384 e. The monoisotopic (exact) mass is 267 g/mol. The summed E-state index contributed by atoms with van der Waals surface area (Å²) in [5, 5.41) is 6.42. The Bertz CT molecular complexity index is 863. The van der Waals surface area contributed by atoms with Gasteiger partial charge in [-0.25, -0.2) is 4.98 Å². The Kier molecular flexibility index (Phi) is 2.20. The van der Waals surface area contributed by atoms with Crippen molar-refractivity contribution in [2.75, 3.05) is 11.9 Å². The zero-order valence-corrected chi connectivity index (χ0v) is 10.9. The first-order valence-corrected chi connectivity index (χ1v) is 6.51. The summed E-state index contributed by atoms with van der Waals surface area (Å²) >= 11 is 0. The fraction of sp³-hybridized carbons (Fsp3) is 0.214. The number of anilines is 1. The maximum Gasteiger partial charge on any atom is 0.274 e. The van der Waals surface area contributed by atoms with Crippen molar-refractivity contribution >= 4 is 11.5 Å². The van der Waals surface area contributed by atoms with E-state index in [1.807, 2.05) is 18.2 Å². The molecule has 0 radical (unpaired) electrons. The molecular weight excluding hydrogens is 254 g/mol. The van der Waals surface area contributed by atoms with Gasteiger partial charge < -0.3 is 5.32 Å². The Labute approximate surface area is 114 Å². The van der Waals surface area contributed by atoms with E-state index >= 15 is 0 Å². The summed E-state index contributed by atoms with van der Waals surface area (Å²) in [5.41, 5.74) is 2.86. The Morgan fingerprint density at radius 3 is 3.05 bits per heavy atom. The molecule has 0 fully saturated rings. The van der Waals surface area contributed by atoms with Crippen LogP contribution >= 0.6 is 0 Å². The third kappa shape index (κ3) is 1.54. The average Bonchev–Trinajstić information content (AvgIpc) is 3.01. The Hall–Kier alpha value is -2.63. The van der Waals surface area contributed by atoms with E-state index in [4.69, 9.17) is 0 Å². The van der Waals surface area contributed by atoms with Crippen molar-refractivity contribution in [3.05, 3.63) is 57.8 Å². The van der Waals surface area contributed by atoms with E-state index in [1.165, 1.54) is 16.1 Å². The molecule has 0 saturated carbocycles. The Morgan fingerprint density at radius 2 is 2.15 bits per heavy atom. The maximum absolute atomic E-state index is 11.9. The van der Waals surface area contributed by atoms with Gasteiger partial charge in [-0.15, -0.1) is 0 Å². The quantitative estimate of drug-likeness (QED) is 0.696. The lowest BCUT2D eigenvalue weighted by Gasteiger charge is -2.05. The minimum atomic E-state index is -0.134. The highest BCUT2D eigenvalue weighted by atomic mass is 16.1. The number of nitrogens with one attached hydrogen (secondary N) is 2. The summed E-state index contributed by atoms with van der Waals surface area (Å²) in [6.07, 6.45) is 0. The number of H-pyrrole nitrogens is 1. The smallest absolute Gasteiger partial charge is 0.274 e. The van der Waals surface area contributed by atoms with Crippen LogP contribution in [0.25, 0.3) is 5.78 Å². The third-order valence-electron chi connectivity index (χ3n) is 3.64. The van der Waals surface area contributed by atoms with Crippen LogP contribution in [0.5, 0.6) is 0 Å². The zero-order valence-electron chi connectivity index (χ0n) is 10.9. The standard InChI is InChI=1S/C14H13N5O/c1-8-6-12(20)19-14(16-8)17-13(18-19)10-7-15-11-5-3-2-4-9(10)11/h2-6,10,15H,7H2,1H3,(H,16,17,18). The minimum absolute atomic E-state index is 0.118. The number of aromatic amines is 1. The number of rotatable bonds is 1. The number of fused-ring (bicyclic) bond motifs is 2. The van der Waals surface area contributed by atoms with Gasteiger partial charge in [0.05, 0.1) is 5.92 Å². The van der Waals surface area contributed by atoms with Crippen LogP contribution in [0.15, 0.2) is 35.1 Å². The topological polar surface area (TPSA) is 75.1 Å². The molecule has 1 aliphatic rings. The van der Waals surface area contributed by atoms with Gasteiger partial charge in [-0.3, -0.25) is 9.89 Å². The van der Waals surface area contributed by atoms with Crippen LogP contribution in [0.2, 0.25) is 0 Å². The molecule has 0 saturated heterocycles. The summed E-state index contributed by atoms with van der Waals surface area (Å²) in [7, 11) is 0. The normalized spacial score (nSPS) is 17.1. The molecule has 4 rings (SSSR count). The van der Waals surface area contributed by atoms with Crippen molar-refractivity contribution in [2.24, 2.45) is 0 Å². The van der Waals surface area contributed by atoms with Gasteiger partial charge in [0.2, 0.25) is 0 Å². The third-order valence-corrected chi connectivity index (χ3v) is 3.64. The number of aromatic nitrogens is 4. The zero-order chi connectivity index (χ0) is 13.7. The first kappa shape index (κ1) is 11.2. The fourth-order valence-corrected chi connectivity index (χ4v) is 2.69. The van der Waals surface area contributed by atoms with Gasteiger partial charge in [0, 0.05) is 24.0 Å². The van der Waals surface area contributed by atoms with Crippen LogP contribution in [0.1, 0.15) is 23.0 Å². The number of benzene rings is 1. The van der Waals surface area contributed by atoms with Crippen molar-refractivity contribution in [3.8, 4) is 0 Å². The highest BCUT2D eigenvalue weighted by Gasteiger charge is 2.26. The van der Waals surface area contributed by atoms with Crippen molar-refractivity contribution in [2.45, 2.75) is 12.8 Å². The molecule has 6 nitrogen and oxygen atoms in total. The minimum Gasteiger partial charge on any atom is -0.384 e. The molecule has 0 bridgehead atoms. The Morgan fingerprint density at radius 1 is 1.30 bits per heavy atom. The fourth-order valence-electron chi connectivity index (χ4n) is 2.69. The van der Waals surface area contributed by atoms with E-state index in [0.717, 1.165) is 18.1 Å². The summed E-state index contributed by atoms with van der Waals surface area (Å²) < 4.78 is 1.39. The van der Waals surface area contributed by atoms with E-state index in [0.29, 0.717) is 11.5 Å². The van der Waals surface area contributed by atoms with Gasteiger partial charge in [-0.1, -0.05) is 18.2 Å². The predicted molar refractivity (Wildman–Crippen MR) is 75.1 cm³/mol. The van der Waals surface area contributed by atoms with Gasteiger partial charge in [-0.2, -0.15) is 9.50 Å². The van der Waals surface area contributed by atoms with Crippen LogP contribution in [-0.2, 0) is 0 Å². The first-order chi connectivity index (χ1) is 9.72. The predicted octanol–water partition coefficient (Wildman–Crippen LogP) is 1.28. The second kappa shape index (κ2) is 3.93. The average molecular weight is 267 g/mol. The lowest BCUT2D eigenvalue weighted by atomic mass is 10.0. The number of nitrogens with zero attached hydrogens (tertiary/aromatic N) is 3. The van der Waals surface area contributed by atoms with Gasteiger partial charge in [0.15, 0.2) is 0 Å². The molecule has 2 N–H and O–H groups in total. The number of hydrogen-bond donors (Lipinski definition) is 2. The molecule has 0 spiro atoms. The van der Waals surface area contributed by atoms with Gasteiger partial charge in [0.1, 0.15) is 5.82 Å². The summed E-state index contributed by atoms with van der Waals surface area (Å²) in [6, 6.07) is 9.63. The molecule has 2 aromatic heterocycles. The summed E-state index contributed by atoms with van der Waals surface area (Å²) in [6.45, 7) is 2.56. The molecule has 1 aliphatic heterocycles. The van der Waals surface area contributed by atoms with Crippen LogP contribution in [0.3, 0.4) is 0 Å². The van der Waals surface area contributed by atoms with Crippen LogP contribution in [-0.4, -0.2) is 26.1 Å². The highest BCUT2D eigenvalue weighted by Crippen LogP contribution is 2.34. The van der Waals surface area contributed by atoms with E-state index in [2.05, 4.69) is 26.4 Å². The highest BCUT2D eigenvalue weighted by molar-refractivity contribution is 5.59. The summed E-state index contributed by atoms with van der Waals surface area (Å²) in [4.78, 5) is 20.7. The SMILES string of the molecule is Cc1cc(=O)n2[nH]c(C3CNc4ccccc43)nc2n1. The first-order valence-electron chi connectivity index (χ1n) is 6.51. The molecule has 3 heterocycles. The summed E-state index contributed by atoms with van der Waals surface area (Å²) in [5.74, 6) is 1.31. The molecule has 0 amide bonds. The van der Waals surface area contributed by atoms with Crippen LogP contribution < -0.4 is 10.9 Å². The lowest BCUT2D eigenvalue weighted by Crippen LogP contribution is -2.15. The number of hydrogen-bond acceptors (Lipinski definition) is 4. The molecule has 3 aromatic rings. The van der Waals surface area contributed by atoms with Gasteiger partial charge >= 0.3 is 0 Å². The number of para-hydroxylation sites is 1. The van der Waals surface area contributed by atoms with Gasteiger partial charge in [-0.05, 0) is 18.6 Å². The molecule has 1 aromatic carbocycles. The molecule has 1 atom stereocenters. The molecule has 20 heavy (non-hydrogen) atoms. The molecule has 1 unspecified atom stereocenters. The van der Waals surface area contributed by atoms with Crippen LogP contribution in [0.4, 0.5) is 5.69 Å². The van der Waals surface area contributed by atoms with Crippen molar-refractivity contribution in [1.29, 1.82) is 0 Å². The van der Waals surface area contributed by atoms with Crippen molar-refractivity contribution in [1.82, 2.24) is 19.6 Å². The van der Waals surface area contributed by atoms with E-state index in [-0.39, 0.29) is 11.5 Å². The molecule has 0 aliphatic carbocycles. The molecule has 6 heteroatoms. The second-order valence-electron chi connectivity index (χ2n) is 5.00. The van der Waals surface area contributed by atoms with Crippen molar-refractivity contribution in [3.63, 3.8) is 0 Å². The molecule has 100 valence electrons. The second-order valence-corrected chi connectivity index (χ2v) is 5.00. The van der Waals surface area contributed by atoms with E-state index < -0.39 is 0 Å². The van der Waals surface area contributed by atoms with E-state index in [1.54, 1.807) is 6.92 Å². The number of aryl methyl sites for hydroxylation is 1. The van der Waals surface area contributed by atoms with Crippen molar-refractivity contribution < 1.29 is 0 Å². The van der Waals surface area contributed by atoms with E-state index in [9.17, 15) is 4.79 Å². The molecular formula is C14H13N5O. The van der Waals surface area contributed by atoms with Crippen LogP contribution in [0, 0.1) is 6.92 Å². The van der Waals surface area contributed by atoms with Gasteiger partial charge in [0.25, 0.3) is 11.3 Å².